The zero-order valence-corrected chi connectivity index (χ0v) is 24.2. The fraction of sp³-hybridized carbons (Fsp3) is 0.125. The van der Waals surface area contributed by atoms with Crippen LogP contribution in [0.1, 0.15) is 32.3 Å². The first-order chi connectivity index (χ1) is 17.1. The van der Waals surface area contributed by atoms with Crippen molar-refractivity contribution in [2.75, 3.05) is 12.0 Å². The Bertz CT molecular complexity index is 1440. The first-order valence-corrected chi connectivity index (χ1v) is 13.3. The van der Waals surface area contributed by atoms with Gasteiger partial charge in [-0.1, -0.05) is 78.3 Å². The highest BCUT2D eigenvalue weighted by atomic mass is 79.9. The van der Waals surface area contributed by atoms with E-state index in [0.717, 1.165) is 13.8 Å². The summed E-state index contributed by atoms with van der Waals surface area (Å²) in [6.45, 7) is 0. The molecule has 3 amide bonds. The van der Waals surface area contributed by atoms with E-state index in [9.17, 15) is 14.4 Å². The molecule has 0 aliphatic carbocycles. The molecule has 2 aliphatic rings. The molecule has 0 unspecified atom stereocenters. The molecule has 3 aromatic carbocycles. The number of methoxy groups -OCH3 is 1. The van der Waals surface area contributed by atoms with Gasteiger partial charge in [0, 0.05) is 20.2 Å². The number of anilines is 1. The number of nitrogens with zero attached hydrogens (tertiary/aromatic N) is 2. The van der Waals surface area contributed by atoms with Gasteiger partial charge in [0.05, 0.1) is 44.4 Å². The lowest BCUT2D eigenvalue weighted by Crippen LogP contribution is -2.67. The lowest BCUT2D eigenvalue weighted by atomic mass is 9.85. The summed E-state index contributed by atoms with van der Waals surface area (Å²) in [5, 5.41) is -0.691. The molecule has 2 heterocycles. The summed E-state index contributed by atoms with van der Waals surface area (Å²) in [5.74, 6) is -1.56. The van der Waals surface area contributed by atoms with E-state index in [1.165, 1.54) is 12.0 Å². The maximum Gasteiger partial charge on any atom is 0.264 e. The topological polar surface area (TPSA) is 66.9 Å². The van der Waals surface area contributed by atoms with Gasteiger partial charge in [0.15, 0.2) is 0 Å². The average Bonchev–Trinajstić information content (AvgIpc) is 3.11. The molecule has 0 N–H and O–H groups in total. The van der Waals surface area contributed by atoms with Crippen LogP contribution in [0.3, 0.4) is 0 Å². The quantitative estimate of drug-likeness (QED) is 0.122. The Balaban J connectivity index is 1.67. The Labute approximate surface area is 242 Å². The summed E-state index contributed by atoms with van der Waals surface area (Å²) >= 11 is 31.8. The molecule has 0 aromatic heterocycles. The third-order valence-corrected chi connectivity index (χ3v) is 8.92. The zero-order valence-electron chi connectivity index (χ0n) is 18.0. The molecule has 3 aromatic rings. The second kappa shape index (κ2) is 9.49. The zero-order chi connectivity index (χ0) is 26.0. The summed E-state index contributed by atoms with van der Waals surface area (Å²) < 4.78 is 7.11. The average molecular weight is 694 g/mol. The van der Waals surface area contributed by atoms with Crippen molar-refractivity contribution in [1.29, 1.82) is 0 Å². The maximum absolute atomic E-state index is 13.6. The first-order valence-electron chi connectivity index (χ1n) is 10.2. The van der Waals surface area contributed by atoms with E-state index in [0.29, 0.717) is 17.0 Å². The molecule has 0 spiro atoms. The van der Waals surface area contributed by atoms with Gasteiger partial charge in [-0.15, -0.1) is 0 Å². The summed E-state index contributed by atoms with van der Waals surface area (Å²) in [7, 11) is 1.50. The second-order valence-corrected chi connectivity index (χ2v) is 11.3. The van der Waals surface area contributed by atoms with Crippen LogP contribution in [0.15, 0.2) is 51.4 Å². The van der Waals surface area contributed by atoms with Crippen molar-refractivity contribution in [2.24, 2.45) is 0 Å². The monoisotopic (exact) mass is 690 g/mol. The standard InChI is InChI=1S/C24H12Br2Cl4N2O4/c1-36-13-7-4-10(26)8-12(13)20-21(24(35)31(20)11-5-2-9(25)3-6-11)32-22(33)14-15(23(32)34)17(28)19(30)18(29)16(14)27/h2-8,20-21H,1H3/t20-,21-/m1/s1. The SMILES string of the molecule is COc1ccc(Br)cc1[C@@H]1[C@@H](N2C(=O)c3c(Cl)c(Cl)c(Cl)c(Cl)c3C2=O)C(=O)N1c1ccc(Br)cc1. The van der Waals surface area contributed by atoms with E-state index >= 15 is 0 Å². The third kappa shape index (κ3) is 3.77. The molecule has 36 heavy (non-hydrogen) atoms. The second-order valence-electron chi connectivity index (χ2n) is 7.95. The summed E-state index contributed by atoms with van der Waals surface area (Å²) in [5.41, 5.74) is 0.793. The summed E-state index contributed by atoms with van der Waals surface area (Å²) in [6, 6.07) is 10.4. The predicted octanol–water partition coefficient (Wildman–Crippen LogP) is 7.59. The van der Waals surface area contributed by atoms with Crippen molar-refractivity contribution < 1.29 is 19.1 Å². The van der Waals surface area contributed by atoms with Crippen molar-refractivity contribution in [3.63, 3.8) is 0 Å². The lowest BCUT2D eigenvalue weighted by molar-refractivity contribution is -0.130. The molecule has 2 atom stereocenters. The van der Waals surface area contributed by atoms with Crippen LogP contribution in [-0.2, 0) is 4.79 Å². The highest BCUT2D eigenvalue weighted by molar-refractivity contribution is 9.10. The van der Waals surface area contributed by atoms with Gasteiger partial charge >= 0.3 is 0 Å². The normalized spacial score (nSPS) is 19.0. The molecule has 5 rings (SSSR count). The molecule has 12 heteroatoms. The molecule has 1 fully saturated rings. The minimum absolute atomic E-state index is 0.147. The minimum atomic E-state index is -1.20. The van der Waals surface area contributed by atoms with Crippen LogP contribution in [0.5, 0.6) is 5.75 Å². The van der Waals surface area contributed by atoms with E-state index in [2.05, 4.69) is 31.9 Å². The Kier molecular flexibility index (Phi) is 6.81. The van der Waals surface area contributed by atoms with E-state index in [1.807, 2.05) is 0 Å². The number of imide groups is 1. The van der Waals surface area contributed by atoms with E-state index in [1.54, 1.807) is 42.5 Å². The van der Waals surface area contributed by atoms with Crippen LogP contribution >= 0.6 is 78.3 Å². The van der Waals surface area contributed by atoms with Gasteiger partial charge in [0.1, 0.15) is 11.8 Å². The van der Waals surface area contributed by atoms with E-state index < -0.39 is 29.8 Å². The fourth-order valence-corrected chi connectivity index (χ4v) is 6.14. The molecule has 6 nitrogen and oxygen atoms in total. The van der Waals surface area contributed by atoms with Gasteiger partial charge in [-0.2, -0.15) is 0 Å². The maximum atomic E-state index is 13.6. The fourth-order valence-electron chi connectivity index (χ4n) is 4.48. The molecule has 184 valence electrons. The van der Waals surface area contributed by atoms with Crippen LogP contribution in [0.4, 0.5) is 5.69 Å². The highest BCUT2D eigenvalue weighted by Gasteiger charge is 2.59. The Hall–Kier alpha value is -1.81. The van der Waals surface area contributed by atoms with Gasteiger partial charge in [-0.3, -0.25) is 19.3 Å². The lowest BCUT2D eigenvalue weighted by Gasteiger charge is -2.50. The van der Waals surface area contributed by atoms with Gasteiger partial charge in [0.2, 0.25) is 0 Å². The number of benzene rings is 3. The number of carbonyl (C=O) groups excluding carboxylic acids is 3. The number of halogens is 6. The van der Waals surface area contributed by atoms with Crippen LogP contribution in [0.2, 0.25) is 20.1 Å². The van der Waals surface area contributed by atoms with Gasteiger partial charge in [0.25, 0.3) is 17.7 Å². The number of hydrogen-bond donors (Lipinski definition) is 0. The van der Waals surface area contributed by atoms with Crippen molar-refractivity contribution in [3.8, 4) is 5.75 Å². The van der Waals surface area contributed by atoms with E-state index in [-0.39, 0.29) is 31.2 Å². The smallest absolute Gasteiger partial charge is 0.264 e. The Morgan fingerprint density at radius 3 is 1.78 bits per heavy atom. The third-order valence-electron chi connectivity index (χ3n) is 6.09. The Morgan fingerprint density at radius 1 is 0.722 bits per heavy atom. The number of ether oxygens (including phenoxy) is 1. The van der Waals surface area contributed by atoms with Crippen LogP contribution in [0.25, 0.3) is 0 Å². The van der Waals surface area contributed by atoms with Crippen LogP contribution < -0.4 is 9.64 Å². The predicted molar refractivity (Wildman–Crippen MR) is 146 cm³/mol. The van der Waals surface area contributed by atoms with Crippen molar-refractivity contribution in [2.45, 2.75) is 12.1 Å². The molecular formula is C24H12Br2Cl4N2O4. The van der Waals surface area contributed by atoms with Gasteiger partial charge < -0.3 is 9.64 Å². The summed E-state index contributed by atoms with van der Waals surface area (Å²) in [4.78, 5) is 43.1. The van der Waals surface area contributed by atoms with Crippen molar-refractivity contribution >= 4 is 102 Å². The largest absolute Gasteiger partial charge is 0.496 e. The minimum Gasteiger partial charge on any atom is -0.496 e. The number of rotatable bonds is 4. The molecule has 0 radical (unpaired) electrons. The number of hydrogen-bond acceptors (Lipinski definition) is 4. The molecule has 0 saturated carbocycles. The number of β-lactam (4-membered cyclic amide) rings is 1. The Morgan fingerprint density at radius 2 is 1.25 bits per heavy atom. The summed E-state index contributed by atoms with van der Waals surface area (Å²) in [6.07, 6.45) is 0. The van der Waals surface area contributed by atoms with E-state index in [4.69, 9.17) is 51.1 Å². The highest BCUT2D eigenvalue weighted by Crippen LogP contribution is 2.50. The van der Waals surface area contributed by atoms with Crippen LogP contribution in [0, 0.1) is 0 Å². The number of carbonyl (C=O) groups is 3. The van der Waals surface area contributed by atoms with Crippen molar-refractivity contribution in [1.82, 2.24) is 4.90 Å². The van der Waals surface area contributed by atoms with Gasteiger partial charge in [-0.05, 0) is 42.5 Å². The molecule has 2 aliphatic heterocycles. The van der Waals surface area contributed by atoms with Crippen molar-refractivity contribution in [3.05, 3.63) is 88.2 Å². The number of amides is 3. The molecular weight excluding hydrogens is 682 g/mol. The van der Waals surface area contributed by atoms with Crippen LogP contribution in [-0.4, -0.2) is 35.8 Å². The molecule has 1 saturated heterocycles. The molecule has 0 bridgehead atoms. The first kappa shape index (κ1) is 25.8. The number of fused-ring (bicyclic) bond motifs is 1. The van der Waals surface area contributed by atoms with Gasteiger partial charge in [-0.25, -0.2) is 0 Å².